The Bertz CT molecular complexity index is 983. The first-order chi connectivity index (χ1) is 16.2. The number of Topliss-reactive ketones (excluding diaryl/α,β-unsaturated/α-hetero) is 1. The van der Waals surface area contributed by atoms with Crippen LogP contribution in [0.2, 0.25) is 0 Å². The van der Waals surface area contributed by atoms with Crippen molar-refractivity contribution in [2.75, 3.05) is 6.54 Å². The summed E-state index contributed by atoms with van der Waals surface area (Å²) in [6, 6.07) is 0.393. The van der Waals surface area contributed by atoms with Gasteiger partial charge in [-0.25, -0.2) is 0 Å². The fourth-order valence-electron chi connectivity index (χ4n) is 9.25. The van der Waals surface area contributed by atoms with E-state index >= 15 is 0 Å². The van der Waals surface area contributed by atoms with Crippen LogP contribution in [-0.2, 0) is 19.1 Å². The maximum atomic E-state index is 14.3. The van der Waals surface area contributed by atoms with Crippen LogP contribution in [-0.4, -0.2) is 42.1 Å². The summed E-state index contributed by atoms with van der Waals surface area (Å²) in [6.07, 6.45) is 9.37. The molecule has 0 aromatic carbocycles. The Morgan fingerprint density at radius 3 is 2.79 bits per heavy atom. The molecule has 0 aromatic rings. The first-order valence-electron chi connectivity index (χ1n) is 13.7. The van der Waals surface area contributed by atoms with E-state index in [0.29, 0.717) is 35.5 Å². The predicted molar refractivity (Wildman–Crippen MR) is 130 cm³/mol. The van der Waals surface area contributed by atoms with Crippen molar-refractivity contribution in [1.82, 2.24) is 5.32 Å². The van der Waals surface area contributed by atoms with Crippen LogP contribution in [0.4, 0.5) is 0 Å². The molecule has 1 N–H and O–H groups in total. The summed E-state index contributed by atoms with van der Waals surface area (Å²) in [7, 11) is 0. The van der Waals surface area contributed by atoms with Crippen LogP contribution in [0.25, 0.3) is 0 Å². The largest absolute Gasteiger partial charge is 0.462 e. The van der Waals surface area contributed by atoms with Gasteiger partial charge in [0.25, 0.3) is 0 Å². The van der Waals surface area contributed by atoms with Crippen LogP contribution in [0.1, 0.15) is 79.6 Å². The number of fused-ring (bicyclic) bond motifs is 6. The van der Waals surface area contributed by atoms with E-state index in [1.54, 1.807) is 0 Å². The molecule has 34 heavy (non-hydrogen) atoms. The van der Waals surface area contributed by atoms with Crippen molar-refractivity contribution in [2.45, 2.75) is 103 Å². The third-order valence-electron chi connectivity index (χ3n) is 10.9. The maximum absolute atomic E-state index is 14.3. The van der Waals surface area contributed by atoms with Gasteiger partial charge in [0, 0.05) is 36.8 Å². The van der Waals surface area contributed by atoms with Crippen LogP contribution in [0, 0.1) is 35.0 Å². The molecule has 0 amide bonds. The van der Waals surface area contributed by atoms with Gasteiger partial charge in [-0.2, -0.15) is 0 Å². The monoisotopic (exact) mass is 467 g/mol. The zero-order chi connectivity index (χ0) is 24.0. The fraction of sp³-hybridized carbons (Fsp3) is 0.793. The van der Waals surface area contributed by atoms with E-state index in [0.717, 1.165) is 57.1 Å². The molecule has 5 heteroatoms. The number of ether oxygens (including phenoxy) is 2. The Kier molecular flexibility index (Phi) is 5.25. The Hall–Kier alpha value is -1.46. The van der Waals surface area contributed by atoms with Crippen molar-refractivity contribution >= 4 is 11.8 Å². The van der Waals surface area contributed by atoms with E-state index in [9.17, 15) is 9.59 Å². The average molecular weight is 468 g/mol. The predicted octanol–water partition coefficient (Wildman–Crippen LogP) is 4.75. The van der Waals surface area contributed by atoms with Gasteiger partial charge in [0.05, 0.1) is 11.7 Å². The lowest BCUT2D eigenvalue weighted by Gasteiger charge is -2.48. The first kappa shape index (κ1) is 23.0. The first-order valence-corrected chi connectivity index (χ1v) is 13.7. The van der Waals surface area contributed by atoms with Gasteiger partial charge in [-0.05, 0) is 80.7 Å². The highest BCUT2D eigenvalue weighted by Gasteiger charge is 2.63. The topological polar surface area (TPSA) is 64.6 Å². The number of hydrogen-bond donors (Lipinski definition) is 1. The Morgan fingerprint density at radius 2 is 2.03 bits per heavy atom. The molecule has 2 heterocycles. The van der Waals surface area contributed by atoms with Gasteiger partial charge >= 0.3 is 5.97 Å². The minimum absolute atomic E-state index is 0.0395. The number of ketones is 1. The van der Waals surface area contributed by atoms with E-state index in [2.05, 4.69) is 39.1 Å². The zero-order valence-electron chi connectivity index (χ0n) is 21.5. The Morgan fingerprint density at radius 1 is 1.24 bits per heavy atom. The second-order valence-corrected chi connectivity index (χ2v) is 12.7. The molecule has 4 fully saturated rings. The third kappa shape index (κ3) is 3.05. The van der Waals surface area contributed by atoms with Crippen LogP contribution in [0.3, 0.4) is 0 Å². The summed E-state index contributed by atoms with van der Waals surface area (Å²) < 4.78 is 12.5. The molecule has 2 saturated heterocycles. The number of hydrogen-bond acceptors (Lipinski definition) is 5. The van der Waals surface area contributed by atoms with Gasteiger partial charge in [0.1, 0.15) is 6.10 Å². The quantitative estimate of drug-likeness (QED) is 0.445. The van der Waals surface area contributed by atoms with Crippen LogP contribution in [0.15, 0.2) is 22.8 Å². The standard InChI is InChI=1S/C29H41NO4/c1-15-12-23-26(30-14-15)17(3)29(34-23)11-9-21-22-7-6-19-13-20(33-18(4)31)8-10-28(19,5)25(22)27(32)24(21)16(29)2/h6,15,17,20-23,25-26,30H,7-14H2,1-5H3. The molecular weight excluding hydrogens is 426 g/mol. The Labute approximate surface area is 204 Å². The van der Waals surface area contributed by atoms with Gasteiger partial charge in [-0.3, -0.25) is 9.59 Å². The van der Waals surface area contributed by atoms with Gasteiger partial charge in [0.15, 0.2) is 5.78 Å². The van der Waals surface area contributed by atoms with Crippen LogP contribution < -0.4 is 5.32 Å². The number of allylic oxidation sites excluding steroid dienone is 2. The van der Waals surface area contributed by atoms with Crippen molar-refractivity contribution in [3.8, 4) is 0 Å². The molecule has 0 aromatic heterocycles. The number of nitrogens with one attached hydrogen (secondary N) is 1. The second kappa shape index (κ2) is 7.77. The van der Waals surface area contributed by atoms with Crippen molar-refractivity contribution in [2.24, 2.45) is 35.0 Å². The lowest BCUT2D eigenvalue weighted by Crippen LogP contribution is -2.49. The number of carbonyl (C=O) groups is 2. The minimum atomic E-state index is -0.286. The molecule has 10 unspecified atom stereocenters. The SMILES string of the molecule is CC(=O)OC1CCC2(C)C(=CCC3C4CCC5(OC6CC(C)CNC6C5C)C(C)=C4C(=O)C32)C1. The van der Waals surface area contributed by atoms with Crippen LogP contribution in [0.5, 0.6) is 0 Å². The lowest BCUT2D eigenvalue weighted by atomic mass is 9.56. The van der Waals surface area contributed by atoms with E-state index < -0.39 is 0 Å². The molecule has 6 aliphatic rings. The average Bonchev–Trinajstić information content (AvgIpc) is 3.23. The summed E-state index contributed by atoms with van der Waals surface area (Å²) in [6.45, 7) is 11.7. The normalized spacial score (nSPS) is 49.8. The van der Waals surface area contributed by atoms with Gasteiger partial charge in [-0.15, -0.1) is 0 Å². The van der Waals surface area contributed by atoms with E-state index in [1.807, 2.05) is 0 Å². The summed E-state index contributed by atoms with van der Waals surface area (Å²) >= 11 is 0. The second-order valence-electron chi connectivity index (χ2n) is 12.7. The van der Waals surface area contributed by atoms with E-state index in [4.69, 9.17) is 9.47 Å². The molecule has 10 atom stereocenters. The van der Waals surface area contributed by atoms with E-state index in [1.165, 1.54) is 18.1 Å². The summed E-state index contributed by atoms with van der Waals surface area (Å²) in [5, 5.41) is 3.78. The molecule has 2 aliphatic heterocycles. The highest BCUT2D eigenvalue weighted by Crippen LogP contribution is 2.63. The number of esters is 1. The Balaban J connectivity index is 1.33. The van der Waals surface area contributed by atoms with Gasteiger partial charge in [-0.1, -0.05) is 32.4 Å². The summed E-state index contributed by atoms with van der Waals surface area (Å²) in [4.78, 5) is 25.8. The third-order valence-corrected chi connectivity index (χ3v) is 10.9. The van der Waals surface area contributed by atoms with Gasteiger partial charge in [0.2, 0.25) is 0 Å². The molecule has 2 saturated carbocycles. The van der Waals surface area contributed by atoms with Gasteiger partial charge < -0.3 is 14.8 Å². The van der Waals surface area contributed by atoms with Crippen molar-refractivity contribution < 1.29 is 19.1 Å². The van der Waals surface area contributed by atoms with Crippen molar-refractivity contribution in [1.29, 1.82) is 0 Å². The fourth-order valence-corrected chi connectivity index (χ4v) is 9.25. The smallest absolute Gasteiger partial charge is 0.302 e. The molecule has 5 nitrogen and oxygen atoms in total. The molecule has 6 rings (SSSR count). The van der Waals surface area contributed by atoms with Crippen LogP contribution >= 0.6 is 0 Å². The molecule has 0 radical (unpaired) electrons. The van der Waals surface area contributed by atoms with E-state index in [-0.39, 0.29) is 35.1 Å². The molecule has 4 aliphatic carbocycles. The summed E-state index contributed by atoms with van der Waals surface area (Å²) in [5.41, 5.74) is 3.32. The molecule has 1 spiro atoms. The molecule has 186 valence electrons. The number of carbonyl (C=O) groups excluding carboxylic acids is 2. The lowest BCUT2D eigenvalue weighted by molar-refractivity contribution is -0.148. The zero-order valence-corrected chi connectivity index (χ0v) is 21.5. The highest BCUT2D eigenvalue weighted by molar-refractivity contribution is 6.02. The summed E-state index contributed by atoms with van der Waals surface area (Å²) in [5.74, 6) is 2.06. The maximum Gasteiger partial charge on any atom is 0.302 e. The van der Waals surface area contributed by atoms with Crippen molar-refractivity contribution in [3.05, 3.63) is 22.8 Å². The molecular formula is C29H41NO4. The minimum Gasteiger partial charge on any atom is -0.462 e. The highest BCUT2D eigenvalue weighted by atomic mass is 16.5. The van der Waals surface area contributed by atoms with Crippen molar-refractivity contribution in [3.63, 3.8) is 0 Å². The number of rotatable bonds is 1. The number of piperidine rings is 1. The molecule has 0 bridgehead atoms.